The fourth-order valence-electron chi connectivity index (χ4n) is 3.50. The number of aromatic nitrogens is 2. The summed E-state index contributed by atoms with van der Waals surface area (Å²) in [7, 11) is 0. The van der Waals surface area contributed by atoms with Crippen LogP contribution in [0.2, 0.25) is 0 Å². The largest absolute Gasteiger partial charge is 0.454 e. The fourth-order valence-corrected chi connectivity index (χ4v) is 4.47. The molecule has 1 unspecified atom stereocenters. The number of hydrogen-bond acceptors (Lipinski definition) is 5. The Bertz CT molecular complexity index is 1240. The summed E-state index contributed by atoms with van der Waals surface area (Å²) in [6.07, 6.45) is 0. The Morgan fingerprint density at radius 3 is 2.71 bits per heavy atom. The molecule has 5 rings (SSSR count). The molecule has 31 heavy (non-hydrogen) atoms. The lowest BCUT2D eigenvalue weighted by Gasteiger charge is -2.14. The van der Waals surface area contributed by atoms with Crippen LogP contribution in [0.15, 0.2) is 78.0 Å². The van der Waals surface area contributed by atoms with Gasteiger partial charge in [-0.25, -0.2) is 4.98 Å². The summed E-state index contributed by atoms with van der Waals surface area (Å²) in [5, 5.41) is 3.49. The number of hydrogen-bond donors (Lipinski definition) is 1. The van der Waals surface area contributed by atoms with Crippen LogP contribution in [0.25, 0.3) is 16.7 Å². The first-order valence-corrected chi connectivity index (χ1v) is 10.9. The minimum atomic E-state index is -0.312. The van der Waals surface area contributed by atoms with E-state index in [0.717, 1.165) is 33.2 Å². The van der Waals surface area contributed by atoms with Gasteiger partial charge in [0.05, 0.1) is 16.3 Å². The van der Waals surface area contributed by atoms with Crippen molar-refractivity contribution >= 4 is 28.7 Å². The molecule has 0 aliphatic carbocycles. The highest BCUT2D eigenvalue weighted by molar-refractivity contribution is 8.00. The molecular formula is C24H21N3O3S. The van der Waals surface area contributed by atoms with Crippen molar-refractivity contribution in [2.45, 2.75) is 23.9 Å². The molecule has 1 N–H and O–H groups in total. The zero-order chi connectivity index (χ0) is 21.2. The van der Waals surface area contributed by atoms with Gasteiger partial charge in [0.15, 0.2) is 16.7 Å². The first-order chi connectivity index (χ1) is 15.2. The number of amides is 1. The molecule has 3 aromatic carbocycles. The van der Waals surface area contributed by atoms with E-state index in [0.29, 0.717) is 12.3 Å². The zero-order valence-corrected chi connectivity index (χ0v) is 17.8. The Morgan fingerprint density at radius 2 is 1.84 bits per heavy atom. The molecular weight excluding hydrogens is 410 g/mol. The summed E-state index contributed by atoms with van der Waals surface area (Å²) in [5.41, 5.74) is 3.91. The monoisotopic (exact) mass is 431 g/mol. The molecule has 0 radical (unpaired) electrons. The van der Waals surface area contributed by atoms with Crippen LogP contribution in [-0.4, -0.2) is 27.5 Å². The van der Waals surface area contributed by atoms with Gasteiger partial charge in [0.1, 0.15) is 0 Å². The summed E-state index contributed by atoms with van der Waals surface area (Å²) >= 11 is 1.45. The van der Waals surface area contributed by atoms with Gasteiger partial charge >= 0.3 is 0 Å². The molecule has 156 valence electrons. The van der Waals surface area contributed by atoms with Gasteiger partial charge in [-0.1, -0.05) is 48.2 Å². The minimum Gasteiger partial charge on any atom is -0.454 e. The van der Waals surface area contributed by atoms with E-state index in [1.165, 1.54) is 11.8 Å². The lowest BCUT2D eigenvalue weighted by atomic mass is 10.2. The standard InChI is InChI=1S/C24H21N3O3S/c1-16(23(28)25-14-17-11-12-21-22(13-17)30-15-29-21)31-24-26-19-9-5-6-10-20(19)27(24)18-7-3-2-4-8-18/h2-13,16H,14-15H2,1H3,(H,25,28). The van der Waals surface area contributed by atoms with Crippen LogP contribution in [0, 0.1) is 0 Å². The lowest BCUT2D eigenvalue weighted by Crippen LogP contribution is -2.30. The quantitative estimate of drug-likeness (QED) is 0.454. The first kappa shape index (κ1) is 19.5. The summed E-state index contributed by atoms with van der Waals surface area (Å²) < 4.78 is 12.8. The third-order valence-corrected chi connectivity index (χ3v) is 6.15. The fraction of sp³-hybridized carbons (Fsp3) is 0.167. The normalized spacial score (nSPS) is 13.3. The van der Waals surface area contributed by atoms with E-state index < -0.39 is 0 Å². The second-order valence-corrected chi connectivity index (χ2v) is 8.53. The molecule has 0 spiro atoms. The molecule has 0 fully saturated rings. The van der Waals surface area contributed by atoms with Gasteiger partial charge in [-0.05, 0) is 48.9 Å². The SMILES string of the molecule is CC(Sc1nc2ccccc2n1-c1ccccc1)C(=O)NCc1ccc2c(c1)OCO2. The van der Waals surface area contributed by atoms with Crippen LogP contribution < -0.4 is 14.8 Å². The van der Waals surface area contributed by atoms with Crippen molar-refractivity contribution in [3.8, 4) is 17.2 Å². The average Bonchev–Trinajstić information content (AvgIpc) is 3.41. The number of thioether (sulfide) groups is 1. The lowest BCUT2D eigenvalue weighted by molar-refractivity contribution is -0.120. The minimum absolute atomic E-state index is 0.0469. The maximum absolute atomic E-state index is 12.8. The van der Waals surface area contributed by atoms with E-state index in [-0.39, 0.29) is 18.0 Å². The molecule has 6 nitrogen and oxygen atoms in total. The Morgan fingerprint density at radius 1 is 1.06 bits per heavy atom. The summed E-state index contributed by atoms with van der Waals surface area (Å²) in [6, 6.07) is 23.8. The van der Waals surface area contributed by atoms with Crippen molar-refractivity contribution < 1.29 is 14.3 Å². The number of rotatable bonds is 6. The Balaban J connectivity index is 1.33. The molecule has 1 atom stereocenters. The predicted octanol–water partition coefficient (Wildman–Crippen LogP) is 4.55. The van der Waals surface area contributed by atoms with Crippen molar-refractivity contribution in [1.82, 2.24) is 14.9 Å². The first-order valence-electron chi connectivity index (χ1n) is 10.0. The molecule has 1 aromatic heterocycles. The molecule has 0 saturated carbocycles. The number of imidazole rings is 1. The highest BCUT2D eigenvalue weighted by atomic mass is 32.2. The van der Waals surface area contributed by atoms with Crippen LogP contribution in [0.4, 0.5) is 0 Å². The molecule has 0 saturated heterocycles. The van der Waals surface area contributed by atoms with E-state index in [1.807, 2.05) is 79.7 Å². The summed E-state index contributed by atoms with van der Waals surface area (Å²) in [5.74, 6) is 1.40. The average molecular weight is 432 g/mol. The van der Waals surface area contributed by atoms with E-state index in [2.05, 4.69) is 9.88 Å². The molecule has 0 bridgehead atoms. The number of fused-ring (bicyclic) bond motifs is 2. The molecule has 2 heterocycles. The number of ether oxygens (including phenoxy) is 2. The Hall–Kier alpha value is -3.45. The molecule has 1 aliphatic rings. The van der Waals surface area contributed by atoms with E-state index in [9.17, 15) is 4.79 Å². The van der Waals surface area contributed by atoms with Crippen LogP contribution >= 0.6 is 11.8 Å². The topological polar surface area (TPSA) is 65.4 Å². The van der Waals surface area contributed by atoms with Crippen LogP contribution in [0.5, 0.6) is 11.5 Å². The Kier molecular flexibility index (Phi) is 5.26. The highest BCUT2D eigenvalue weighted by Crippen LogP contribution is 2.33. The third-order valence-electron chi connectivity index (χ3n) is 5.10. The maximum atomic E-state index is 12.8. The second-order valence-electron chi connectivity index (χ2n) is 7.22. The molecule has 4 aromatic rings. The maximum Gasteiger partial charge on any atom is 0.233 e. The van der Waals surface area contributed by atoms with Gasteiger partial charge < -0.3 is 14.8 Å². The van der Waals surface area contributed by atoms with E-state index in [1.54, 1.807) is 0 Å². The van der Waals surface area contributed by atoms with Crippen molar-refractivity contribution in [2.24, 2.45) is 0 Å². The van der Waals surface area contributed by atoms with Crippen LogP contribution in [-0.2, 0) is 11.3 Å². The van der Waals surface area contributed by atoms with Gasteiger partial charge in [-0.15, -0.1) is 0 Å². The number of benzene rings is 3. The van der Waals surface area contributed by atoms with Gasteiger partial charge in [-0.3, -0.25) is 9.36 Å². The van der Waals surface area contributed by atoms with Gasteiger partial charge in [-0.2, -0.15) is 0 Å². The molecule has 7 heteroatoms. The third kappa shape index (κ3) is 3.96. The zero-order valence-electron chi connectivity index (χ0n) is 16.9. The number of para-hydroxylation sites is 3. The molecule has 1 amide bonds. The van der Waals surface area contributed by atoms with Crippen molar-refractivity contribution in [3.63, 3.8) is 0 Å². The summed E-state index contributed by atoms with van der Waals surface area (Å²) in [4.78, 5) is 17.6. The van der Waals surface area contributed by atoms with Crippen LogP contribution in [0.3, 0.4) is 0 Å². The van der Waals surface area contributed by atoms with Gasteiger partial charge in [0.2, 0.25) is 12.7 Å². The van der Waals surface area contributed by atoms with E-state index in [4.69, 9.17) is 14.5 Å². The summed E-state index contributed by atoms with van der Waals surface area (Å²) in [6.45, 7) is 2.56. The number of nitrogens with zero attached hydrogens (tertiary/aromatic N) is 2. The second kappa shape index (κ2) is 8.35. The number of carbonyl (C=O) groups is 1. The van der Waals surface area contributed by atoms with Gasteiger partial charge in [0.25, 0.3) is 0 Å². The highest BCUT2D eigenvalue weighted by Gasteiger charge is 2.20. The predicted molar refractivity (Wildman–Crippen MR) is 121 cm³/mol. The van der Waals surface area contributed by atoms with Crippen molar-refractivity contribution in [1.29, 1.82) is 0 Å². The van der Waals surface area contributed by atoms with E-state index >= 15 is 0 Å². The number of carbonyl (C=O) groups excluding carboxylic acids is 1. The smallest absolute Gasteiger partial charge is 0.233 e. The van der Waals surface area contributed by atoms with Gasteiger partial charge in [0, 0.05) is 12.2 Å². The number of nitrogens with one attached hydrogen (secondary N) is 1. The van der Waals surface area contributed by atoms with Crippen molar-refractivity contribution in [2.75, 3.05) is 6.79 Å². The Labute approximate surface area is 184 Å². The van der Waals surface area contributed by atoms with Crippen LogP contribution in [0.1, 0.15) is 12.5 Å². The molecule has 1 aliphatic heterocycles. The van der Waals surface area contributed by atoms with Crippen molar-refractivity contribution in [3.05, 3.63) is 78.4 Å².